The van der Waals surface area contributed by atoms with Crippen LogP contribution in [0, 0.1) is 5.82 Å². The summed E-state index contributed by atoms with van der Waals surface area (Å²) < 4.78 is 17.1. The van der Waals surface area contributed by atoms with Crippen LogP contribution in [-0.4, -0.2) is 25.2 Å². The number of hydrogen-bond donors (Lipinski definition) is 1. The zero-order valence-electron chi connectivity index (χ0n) is 13.1. The van der Waals surface area contributed by atoms with E-state index in [0.717, 1.165) is 4.57 Å². The minimum absolute atomic E-state index is 0.281. The van der Waals surface area contributed by atoms with Gasteiger partial charge in [0.05, 0.1) is 17.0 Å². The van der Waals surface area contributed by atoms with E-state index in [2.05, 4.69) is 10.3 Å². The van der Waals surface area contributed by atoms with E-state index in [1.165, 1.54) is 30.1 Å². The highest BCUT2D eigenvalue weighted by Gasteiger charge is 2.14. The fourth-order valence-corrected chi connectivity index (χ4v) is 2.74. The second-order valence-corrected chi connectivity index (χ2v) is 5.77. The van der Waals surface area contributed by atoms with Crippen LogP contribution in [0.5, 0.6) is 0 Å². The number of nitrogens with zero attached hydrogens (tertiary/aromatic N) is 4. The van der Waals surface area contributed by atoms with Crippen molar-refractivity contribution in [2.24, 2.45) is 14.1 Å². The van der Waals surface area contributed by atoms with Crippen LogP contribution in [0.2, 0.25) is 5.02 Å². The van der Waals surface area contributed by atoms with Crippen LogP contribution < -0.4 is 16.6 Å². The summed E-state index contributed by atoms with van der Waals surface area (Å²) in [5, 5.41) is 3.36. The molecular formula is C15H15ClFN5O2. The number of aryl methyl sites for hydroxylation is 1. The van der Waals surface area contributed by atoms with Crippen molar-refractivity contribution in [1.82, 2.24) is 18.7 Å². The predicted octanol–water partition coefficient (Wildman–Crippen LogP) is 1.34. The van der Waals surface area contributed by atoms with Crippen molar-refractivity contribution < 1.29 is 4.39 Å². The smallest absolute Gasteiger partial charge is 0.332 e. The number of nitrogens with one attached hydrogen (secondary N) is 1. The third-order valence-electron chi connectivity index (χ3n) is 3.82. The molecule has 1 N–H and O–H groups in total. The molecule has 24 heavy (non-hydrogen) atoms. The molecule has 0 unspecified atom stereocenters. The molecule has 0 radical (unpaired) electrons. The maximum Gasteiger partial charge on any atom is 0.332 e. The first kappa shape index (κ1) is 16.3. The Kier molecular flexibility index (Phi) is 4.15. The number of fused-ring (bicyclic) bond motifs is 1. The molecule has 7 nitrogen and oxygen atoms in total. The van der Waals surface area contributed by atoms with Crippen LogP contribution in [-0.2, 0) is 20.6 Å². The molecular weight excluding hydrogens is 337 g/mol. The average Bonchev–Trinajstić information content (AvgIpc) is 2.97. The quantitative estimate of drug-likeness (QED) is 0.769. The van der Waals surface area contributed by atoms with E-state index >= 15 is 0 Å². The molecule has 3 rings (SSSR count). The Morgan fingerprint density at radius 1 is 1.25 bits per heavy atom. The summed E-state index contributed by atoms with van der Waals surface area (Å²) in [5.41, 5.74) is 0.469. The Hall–Kier alpha value is -2.61. The predicted molar refractivity (Wildman–Crippen MR) is 90.1 cm³/mol. The Labute approximate surface area is 140 Å². The lowest BCUT2D eigenvalue weighted by atomic mass is 10.3. The van der Waals surface area contributed by atoms with Crippen LogP contribution in [0.15, 0.2) is 34.1 Å². The van der Waals surface area contributed by atoms with Crippen molar-refractivity contribution in [3.8, 4) is 0 Å². The number of imidazole rings is 1. The fraction of sp³-hybridized carbons (Fsp3) is 0.267. The molecule has 0 spiro atoms. The van der Waals surface area contributed by atoms with E-state index in [1.54, 1.807) is 17.7 Å². The second-order valence-electron chi connectivity index (χ2n) is 5.37. The summed E-state index contributed by atoms with van der Waals surface area (Å²) in [6, 6.07) is 4.08. The Balaban J connectivity index is 1.86. The average molecular weight is 352 g/mol. The van der Waals surface area contributed by atoms with Gasteiger partial charge in [-0.15, -0.1) is 0 Å². The highest BCUT2D eigenvalue weighted by molar-refractivity contribution is 6.33. The summed E-state index contributed by atoms with van der Waals surface area (Å²) in [4.78, 5) is 28.4. The standard InChI is InChI=1S/C15H15ClFN5O2/c1-20-13-12(14(23)21(2)15(20)24)22(8-19-13)6-5-18-11-4-3-9(17)7-10(11)16/h3-4,7-8,18H,5-6H2,1-2H3. The van der Waals surface area contributed by atoms with Gasteiger partial charge in [-0.2, -0.15) is 0 Å². The molecule has 0 saturated heterocycles. The summed E-state index contributed by atoms with van der Waals surface area (Å²) >= 11 is 5.96. The lowest BCUT2D eigenvalue weighted by molar-refractivity contribution is 0.628. The van der Waals surface area contributed by atoms with Crippen LogP contribution in [0.4, 0.5) is 10.1 Å². The highest BCUT2D eigenvalue weighted by Crippen LogP contribution is 2.22. The van der Waals surface area contributed by atoms with Crippen molar-refractivity contribution in [2.45, 2.75) is 6.54 Å². The molecule has 0 fully saturated rings. The molecule has 0 aliphatic rings. The normalized spacial score (nSPS) is 11.2. The van der Waals surface area contributed by atoms with Crippen molar-refractivity contribution in [2.75, 3.05) is 11.9 Å². The minimum Gasteiger partial charge on any atom is -0.382 e. The number of rotatable bonds is 4. The van der Waals surface area contributed by atoms with Gasteiger partial charge in [0.2, 0.25) is 0 Å². The van der Waals surface area contributed by atoms with Crippen molar-refractivity contribution in [3.05, 3.63) is 56.2 Å². The third kappa shape index (κ3) is 2.69. The molecule has 2 aromatic heterocycles. The molecule has 0 aliphatic carbocycles. The van der Waals surface area contributed by atoms with Gasteiger partial charge in [-0.1, -0.05) is 11.6 Å². The zero-order chi connectivity index (χ0) is 17.4. The minimum atomic E-state index is -0.422. The Bertz CT molecular complexity index is 1040. The molecule has 0 bridgehead atoms. The van der Waals surface area contributed by atoms with Crippen molar-refractivity contribution in [3.63, 3.8) is 0 Å². The van der Waals surface area contributed by atoms with Crippen LogP contribution in [0.3, 0.4) is 0 Å². The van der Waals surface area contributed by atoms with Gasteiger partial charge in [-0.3, -0.25) is 13.9 Å². The van der Waals surface area contributed by atoms with Gasteiger partial charge < -0.3 is 9.88 Å². The second kappa shape index (κ2) is 6.12. The van der Waals surface area contributed by atoms with E-state index in [1.807, 2.05) is 0 Å². The first-order valence-electron chi connectivity index (χ1n) is 7.20. The van der Waals surface area contributed by atoms with E-state index < -0.39 is 17.1 Å². The molecule has 9 heteroatoms. The molecule has 0 saturated carbocycles. The third-order valence-corrected chi connectivity index (χ3v) is 4.13. The van der Waals surface area contributed by atoms with E-state index in [9.17, 15) is 14.0 Å². The number of halogens is 2. The van der Waals surface area contributed by atoms with Crippen molar-refractivity contribution >= 4 is 28.5 Å². The number of aromatic nitrogens is 4. The summed E-state index contributed by atoms with van der Waals surface area (Å²) in [6.45, 7) is 0.875. The maximum atomic E-state index is 13.0. The fourth-order valence-electron chi connectivity index (χ4n) is 2.51. The highest BCUT2D eigenvalue weighted by atomic mass is 35.5. The van der Waals surface area contributed by atoms with Crippen LogP contribution in [0.25, 0.3) is 11.2 Å². The molecule has 0 atom stereocenters. The lowest BCUT2D eigenvalue weighted by Crippen LogP contribution is -2.37. The van der Waals surface area contributed by atoms with E-state index in [4.69, 9.17) is 11.6 Å². The largest absolute Gasteiger partial charge is 0.382 e. The molecule has 0 aliphatic heterocycles. The SMILES string of the molecule is Cn1c(=O)c2c(ncn2CCNc2ccc(F)cc2Cl)n(C)c1=O. The molecule has 2 heterocycles. The summed E-state index contributed by atoms with van der Waals surface area (Å²) in [7, 11) is 3.00. The Morgan fingerprint density at radius 2 is 2.00 bits per heavy atom. The molecule has 126 valence electrons. The van der Waals surface area contributed by atoms with Gasteiger partial charge in [0.1, 0.15) is 5.82 Å². The van der Waals surface area contributed by atoms with Gasteiger partial charge in [-0.05, 0) is 18.2 Å². The topological polar surface area (TPSA) is 73.8 Å². The van der Waals surface area contributed by atoms with Crippen LogP contribution in [0.1, 0.15) is 0 Å². The zero-order valence-corrected chi connectivity index (χ0v) is 13.8. The Morgan fingerprint density at radius 3 is 2.71 bits per heavy atom. The maximum absolute atomic E-state index is 13.0. The van der Waals surface area contributed by atoms with Gasteiger partial charge >= 0.3 is 5.69 Å². The van der Waals surface area contributed by atoms with Gasteiger partial charge in [-0.25, -0.2) is 14.2 Å². The summed E-state index contributed by atoms with van der Waals surface area (Å²) in [6.07, 6.45) is 1.51. The molecule has 0 amide bonds. The number of hydrogen-bond acceptors (Lipinski definition) is 4. The van der Waals surface area contributed by atoms with Crippen LogP contribution >= 0.6 is 11.6 Å². The molecule has 3 aromatic rings. The summed E-state index contributed by atoms with van der Waals surface area (Å²) in [5.74, 6) is -0.407. The number of benzene rings is 1. The molecule has 1 aromatic carbocycles. The number of anilines is 1. The van der Waals surface area contributed by atoms with Crippen molar-refractivity contribution in [1.29, 1.82) is 0 Å². The lowest BCUT2D eigenvalue weighted by Gasteiger charge is -2.10. The van der Waals surface area contributed by atoms with Gasteiger partial charge in [0.15, 0.2) is 11.2 Å². The van der Waals surface area contributed by atoms with E-state index in [0.29, 0.717) is 29.9 Å². The van der Waals surface area contributed by atoms with E-state index in [-0.39, 0.29) is 5.02 Å². The van der Waals surface area contributed by atoms with Gasteiger partial charge in [0.25, 0.3) is 5.56 Å². The monoisotopic (exact) mass is 351 g/mol. The first-order valence-corrected chi connectivity index (χ1v) is 7.57. The first-order chi connectivity index (χ1) is 11.4. The van der Waals surface area contributed by atoms with Gasteiger partial charge in [0, 0.05) is 27.2 Å².